The Hall–Kier alpha value is -1.55. The molecule has 1 N–H and O–H groups in total. The number of aromatic nitrogens is 2. The number of hydrogen-bond acceptors (Lipinski definition) is 3. The van der Waals surface area contributed by atoms with Crippen LogP contribution in [0.2, 0.25) is 0 Å². The van der Waals surface area contributed by atoms with Gasteiger partial charge in [-0.2, -0.15) is 0 Å². The molecule has 0 aromatic carbocycles. The van der Waals surface area contributed by atoms with Crippen molar-refractivity contribution < 1.29 is 4.74 Å². The van der Waals surface area contributed by atoms with Crippen molar-refractivity contribution >= 4 is 16.7 Å². The lowest BCUT2D eigenvalue weighted by atomic mass is 10.2. The summed E-state index contributed by atoms with van der Waals surface area (Å²) in [6.07, 6.45) is 3.95. The predicted molar refractivity (Wildman–Crippen MR) is 68.5 cm³/mol. The minimum Gasteiger partial charge on any atom is -0.377 e. The highest BCUT2D eigenvalue weighted by Gasteiger charge is 2.19. The van der Waals surface area contributed by atoms with Gasteiger partial charge in [0.25, 0.3) is 0 Å². The zero-order chi connectivity index (χ0) is 11.8. The summed E-state index contributed by atoms with van der Waals surface area (Å²) in [5.74, 6) is 0. The lowest BCUT2D eigenvalue weighted by Gasteiger charge is -2.35. The minimum absolute atomic E-state index is 0.419. The molecule has 90 valence electrons. The molecule has 4 nitrogen and oxygen atoms in total. The predicted octanol–water partition coefficient (Wildman–Crippen LogP) is 2.10. The molecule has 2 aromatic heterocycles. The lowest BCUT2D eigenvalue weighted by Crippen LogP contribution is -2.43. The highest BCUT2D eigenvalue weighted by molar-refractivity contribution is 5.82. The lowest BCUT2D eigenvalue weighted by molar-refractivity contribution is 0.0989. The average molecular weight is 231 g/mol. The number of pyridine rings is 1. The molecule has 4 heteroatoms. The quantitative estimate of drug-likeness (QED) is 0.817. The van der Waals surface area contributed by atoms with Gasteiger partial charge in [0.05, 0.1) is 25.1 Å². The second-order valence-electron chi connectivity index (χ2n) is 4.68. The number of aromatic amines is 1. The molecule has 0 bridgehead atoms. The van der Waals surface area contributed by atoms with Crippen LogP contribution in [-0.2, 0) is 4.74 Å². The molecule has 3 heterocycles. The minimum atomic E-state index is 0.419. The monoisotopic (exact) mass is 231 g/mol. The van der Waals surface area contributed by atoms with Gasteiger partial charge in [-0.15, -0.1) is 0 Å². The number of hydrogen-bond donors (Lipinski definition) is 1. The Labute approximate surface area is 101 Å². The summed E-state index contributed by atoms with van der Waals surface area (Å²) in [6.45, 7) is 6.83. The van der Waals surface area contributed by atoms with Crippen LogP contribution in [0.5, 0.6) is 0 Å². The second kappa shape index (κ2) is 4.04. The Balaban J connectivity index is 2.01. The molecule has 1 atom stereocenters. The average Bonchev–Trinajstić information content (AvgIpc) is 2.71. The van der Waals surface area contributed by atoms with E-state index < -0.39 is 0 Å². The van der Waals surface area contributed by atoms with Gasteiger partial charge >= 0.3 is 0 Å². The first-order valence-corrected chi connectivity index (χ1v) is 6.04. The maximum atomic E-state index is 5.46. The number of H-pyrrole nitrogens is 1. The topological polar surface area (TPSA) is 41.2 Å². The number of fused-ring (bicyclic) bond motifs is 1. The Morgan fingerprint density at radius 1 is 1.53 bits per heavy atom. The highest BCUT2D eigenvalue weighted by Crippen LogP contribution is 2.24. The van der Waals surface area contributed by atoms with Gasteiger partial charge in [0.15, 0.2) is 0 Å². The molecule has 0 aliphatic carbocycles. The summed E-state index contributed by atoms with van der Waals surface area (Å²) in [4.78, 5) is 10.0. The van der Waals surface area contributed by atoms with E-state index >= 15 is 0 Å². The van der Waals surface area contributed by atoms with Crippen LogP contribution >= 0.6 is 0 Å². The van der Waals surface area contributed by atoms with E-state index in [0.29, 0.717) is 6.04 Å². The molecule has 0 saturated carbocycles. The van der Waals surface area contributed by atoms with E-state index in [0.717, 1.165) is 25.4 Å². The largest absolute Gasteiger partial charge is 0.377 e. The molecule has 1 aliphatic rings. The number of nitrogens with zero attached hydrogens (tertiary/aromatic N) is 2. The second-order valence-corrected chi connectivity index (χ2v) is 4.68. The summed E-state index contributed by atoms with van der Waals surface area (Å²) in [5.41, 5.74) is 3.40. The van der Waals surface area contributed by atoms with Crippen molar-refractivity contribution in [3.05, 3.63) is 24.0 Å². The third-order valence-corrected chi connectivity index (χ3v) is 3.42. The first kappa shape index (κ1) is 10.6. The van der Waals surface area contributed by atoms with E-state index in [1.165, 1.54) is 16.6 Å². The Morgan fingerprint density at radius 2 is 2.41 bits per heavy atom. The first-order chi connectivity index (χ1) is 8.25. The Morgan fingerprint density at radius 3 is 3.24 bits per heavy atom. The number of anilines is 1. The maximum absolute atomic E-state index is 5.46. The van der Waals surface area contributed by atoms with Crippen LogP contribution in [0.15, 0.2) is 18.5 Å². The molecule has 17 heavy (non-hydrogen) atoms. The van der Waals surface area contributed by atoms with Gasteiger partial charge < -0.3 is 14.6 Å². The van der Waals surface area contributed by atoms with Crippen molar-refractivity contribution in [2.75, 3.05) is 24.7 Å². The van der Waals surface area contributed by atoms with E-state index in [9.17, 15) is 0 Å². The first-order valence-electron chi connectivity index (χ1n) is 6.04. The smallest absolute Gasteiger partial charge is 0.137 e. The summed E-state index contributed by atoms with van der Waals surface area (Å²) in [5, 5.41) is 1.21. The Bertz CT molecular complexity index is 534. The summed E-state index contributed by atoms with van der Waals surface area (Å²) in [7, 11) is 0. The third-order valence-electron chi connectivity index (χ3n) is 3.42. The molecule has 1 fully saturated rings. The van der Waals surface area contributed by atoms with E-state index in [-0.39, 0.29) is 0 Å². The van der Waals surface area contributed by atoms with E-state index in [1.807, 2.05) is 12.4 Å². The maximum Gasteiger partial charge on any atom is 0.137 e. The third kappa shape index (κ3) is 1.78. The zero-order valence-corrected chi connectivity index (χ0v) is 10.2. The molecular formula is C13H17N3O. The number of aryl methyl sites for hydroxylation is 1. The number of nitrogens with one attached hydrogen (secondary N) is 1. The SMILES string of the molecule is Cc1c[nH]c2ncc(N3CCOCC3C)cc12. The number of rotatable bonds is 1. The molecule has 1 unspecified atom stereocenters. The van der Waals surface area contributed by atoms with Crippen molar-refractivity contribution in [3.8, 4) is 0 Å². The molecule has 0 radical (unpaired) electrons. The summed E-state index contributed by atoms with van der Waals surface area (Å²) >= 11 is 0. The van der Waals surface area contributed by atoms with Crippen molar-refractivity contribution in [2.24, 2.45) is 0 Å². The highest BCUT2D eigenvalue weighted by atomic mass is 16.5. The van der Waals surface area contributed by atoms with Crippen molar-refractivity contribution in [2.45, 2.75) is 19.9 Å². The molecule has 1 aliphatic heterocycles. The van der Waals surface area contributed by atoms with Crippen molar-refractivity contribution in [1.82, 2.24) is 9.97 Å². The van der Waals surface area contributed by atoms with Gasteiger partial charge in [-0.1, -0.05) is 0 Å². The van der Waals surface area contributed by atoms with Gasteiger partial charge in [0.1, 0.15) is 5.65 Å². The molecule has 3 rings (SSSR count). The fraction of sp³-hybridized carbons (Fsp3) is 0.462. The van der Waals surface area contributed by atoms with Gasteiger partial charge in [-0.05, 0) is 25.5 Å². The van der Waals surface area contributed by atoms with Crippen LogP contribution in [-0.4, -0.2) is 35.8 Å². The summed E-state index contributed by atoms with van der Waals surface area (Å²) < 4.78 is 5.46. The van der Waals surface area contributed by atoms with E-state index in [2.05, 4.69) is 34.8 Å². The van der Waals surface area contributed by atoms with Gasteiger partial charge in [0, 0.05) is 24.2 Å². The van der Waals surface area contributed by atoms with Gasteiger partial charge in [0.2, 0.25) is 0 Å². The summed E-state index contributed by atoms with van der Waals surface area (Å²) in [6, 6.07) is 2.64. The number of ether oxygens (including phenoxy) is 1. The number of morpholine rings is 1. The molecule has 0 spiro atoms. The van der Waals surface area contributed by atoms with Crippen LogP contribution in [0.1, 0.15) is 12.5 Å². The molecule has 2 aromatic rings. The molecule has 0 amide bonds. The van der Waals surface area contributed by atoms with Gasteiger partial charge in [-0.3, -0.25) is 0 Å². The van der Waals surface area contributed by atoms with Crippen LogP contribution in [0.4, 0.5) is 5.69 Å². The fourth-order valence-corrected chi connectivity index (χ4v) is 2.39. The fourth-order valence-electron chi connectivity index (χ4n) is 2.39. The zero-order valence-electron chi connectivity index (χ0n) is 10.2. The van der Waals surface area contributed by atoms with Gasteiger partial charge in [-0.25, -0.2) is 4.98 Å². The van der Waals surface area contributed by atoms with E-state index in [4.69, 9.17) is 4.74 Å². The van der Waals surface area contributed by atoms with Crippen LogP contribution < -0.4 is 4.90 Å². The van der Waals surface area contributed by atoms with Crippen LogP contribution in [0, 0.1) is 6.92 Å². The van der Waals surface area contributed by atoms with Crippen LogP contribution in [0.3, 0.4) is 0 Å². The molecule has 1 saturated heterocycles. The Kier molecular flexibility index (Phi) is 2.52. The van der Waals surface area contributed by atoms with E-state index in [1.54, 1.807) is 0 Å². The van der Waals surface area contributed by atoms with Crippen molar-refractivity contribution in [1.29, 1.82) is 0 Å². The normalized spacial score (nSPS) is 21.1. The standard InChI is InChI=1S/C13H17N3O/c1-9-6-14-13-12(9)5-11(7-15-13)16-3-4-17-8-10(16)2/h5-7,10H,3-4,8H2,1-2H3,(H,14,15). The van der Waals surface area contributed by atoms with Crippen LogP contribution in [0.25, 0.3) is 11.0 Å². The molecular weight excluding hydrogens is 214 g/mol. The van der Waals surface area contributed by atoms with Crippen molar-refractivity contribution in [3.63, 3.8) is 0 Å².